The van der Waals surface area contributed by atoms with Gasteiger partial charge in [0.1, 0.15) is 6.10 Å². The molecule has 5 nitrogen and oxygen atoms in total. The zero-order valence-corrected chi connectivity index (χ0v) is 16.7. The van der Waals surface area contributed by atoms with E-state index >= 15 is 0 Å². The van der Waals surface area contributed by atoms with Gasteiger partial charge in [-0.15, -0.1) is 0 Å². The Hall–Kier alpha value is -1.36. The number of carbonyl (C=O) groups is 2. The van der Waals surface area contributed by atoms with Crippen molar-refractivity contribution in [3.05, 3.63) is 12.2 Å². The van der Waals surface area contributed by atoms with Gasteiger partial charge in [-0.2, -0.15) is 0 Å². The summed E-state index contributed by atoms with van der Waals surface area (Å²) >= 11 is 0. The van der Waals surface area contributed by atoms with Crippen LogP contribution >= 0.6 is 0 Å². The van der Waals surface area contributed by atoms with Crippen LogP contribution in [0.15, 0.2) is 12.2 Å². The summed E-state index contributed by atoms with van der Waals surface area (Å²) < 4.78 is 5.82. The maximum Gasteiger partial charge on any atom is 0.310 e. The SMILES string of the molecule is C=C1CCC[C@]2(C)C[C@H]3OC(=O)[C@@H](CNCCCN4CCCC4=O)[C@H]3C[C@@H]12. The Labute approximate surface area is 162 Å². The van der Waals surface area contributed by atoms with Gasteiger partial charge >= 0.3 is 5.97 Å². The molecule has 4 fully saturated rings. The molecule has 1 amide bonds. The van der Waals surface area contributed by atoms with E-state index in [1.54, 1.807) is 0 Å². The first-order valence-corrected chi connectivity index (χ1v) is 10.8. The maximum absolute atomic E-state index is 12.5. The first-order valence-electron chi connectivity index (χ1n) is 10.8. The first-order chi connectivity index (χ1) is 13.0. The third-order valence-electron chi connectivity index (χ3n) is 7.64. The molecule has 0 bridgehead atoms. The fourth-order valence-corrected chi connectivity index (χ4v) is 6.08. The van der Waals surface area contributed by atoms with Crippen LogP contribution in [0.25, 0.3) is 0 Å². The number of hydrogen-bond donors (Lipinski definition) is 1. The smallest absolute Gasteiger partial charge is 0.310 e. The predicted molar refractivity (Wildman–Crippen MR) is 104 cm³/mol. The third kappa shape index (κ3) is 3.67. The van der Waals surface area contributed by atoms with Crippen LogP contribution in [0, 0.1) is 23.2 Å². The average Bonchev–Trinajstić information content (AvgIpc) is 3.15. The summed E-state index contributed by atoms with van der Waals surface area (Å²) in [5.41, 5.74) is 1.66. The molecule has 0 aromatic heterocycles. The summed E-state index contributed by atoms with van der Waals surface area (Å²) in [4.78, 5) is 26.1. The molecule has 0 spiro atoms. The Morgan fingerprint density at radius 2 is 2.15 bits per heavy atom. The minimum absolute atomic E-state index is 0.0138. The van der Waals surface area contributed by atoms with Crippen molar-refractivity contribution in [1.29, 1.82) is 0 Å². The number of rotatable bonds is 6. The van der Waals surface area contributed by atoms with Gasteiger partial charge in [-0.05, 0) is 62.8 Å². The molecular formula is C22H34N2O3. The topological polar surface area (TPSA) is 58.6 Å². The molecule has 0 radical (unpaired) electrons. The highest BCUT2D eigenvalue weighted by Gasteiger charge is 2.54. The summed E-state index contributed by atoms with van der Waals surface area (Å²) in [6.07, 6.45) is 8.39. The lowest BCUT2D eigenvalue weighted by atomic mass is 9.55. The number of allylic oxidation sites excluding steroid dienone is 1. The Morgan fingerprint density at radius 1 is 1.30 bits per heavy atom. The Morgan fingerprint density at radius 3 is 2.93 bits per heavy atom. The standard InChI is InChI=1S/C22H34N2O3/c1-15-6-3-8-22(2)13-19-16(12-18(15)22)17(21(26)27-19)14-23-9-5-11-24-10-4-7-20(24)25/h16-19,23H,1,3-14H2,2H3/t16-,17+,18+,19-,22-/m1/s1. The van der Waals surface area contributed by atoms with Crippen molar-refractivity contribution >= 4 is 11.9 Å². The van der Waals surface area contributed by atoms with Crippen molar-refractivity contribution in [3.8, 4) is 0 Å². The van der Waals surface area contributed by atoms with Gasteiger partial charge < -0.3 is 15.0 Å². The number of likely N-dealkylation sites (tertiary alicyclic amines) is 1. The zero-order chi connectivity index (χ0) is 19.0. The molecule has 1 N–H and O–H groups in total. The molecule has 5 heteroatoms. The van der Waals surface area contributed by atoms with Crippen molar-refractivity contribution in [2.75, 3.05) is 26.2 Å². The van der Waals surface area contributed by atoms with Crippen molar-refractivity contribution < 1.29 is 14.3 Å². The Kier molecular flexibility index (Phi) is 5.32. The molecule has 2 aliphatic heterocycles. The van der Waals surface area contributed by atoms with Crippen molar-refractivity contribution in [3.63, 3.8) is 0 Å². The first kappa shape index (κ1) is 19.0. The van der Waals surface area contributed by atoms with Gasteiger partial charge in [0.05, 0.1) is 5.92 Å². The molecule has 0 aromatic carbocycles. The second kappa shape index (κ2) is 7.57. The second-order valence-electron chi connectivity index (χ2n) is 9.45. The molecule has 150 valence electrons. The molecule has 27 heavy (non-hydrogen) atoms. The van der Waals surface area contributed by atoms with E-state index in [9.17, 15) is 9.59 Å². The van der Waals surface area contributed by atoms with Gasteiger partial charge in [-0.25, -0.2) is 0 Å². The van der Waals surface area contributed by atoms with Crippen molar-refractivity contribution in [2.45, 2.75) is 64.4 Å². The lowest BCUT2D eigenvalue weighted by Crippen LogP contribution is -2.45. The molecule has 0 aromatic rings. The molecule has 2 saturated heterocycles. The molecular weight excluding hydrogens is 340 g/mol. The summed E-state index contributed by atoms with van der Waals surface area (Å²) in [5, 5.41) is 3.46. The van der Waals surface area contributed by atoms with Crippen LogP contribution in [-0.4, -0.2) is 49.1 Å². The average molecular weight is 375 g/mol. The fourth-order valence-electron chi connectivity index (χ4n) is 6.08. The zero-order valence-electron chi connectivity index (χ0n) is 16.7. The highest BCUT2D eigenvalue weighted by atomic mass is 16.6. The van der Waals surface area contributed by atoms with E-state index in [1.165, 1.54) is 18.4 Å². The number of ether oxygens (including phenoxy) is 1. The summed E-state index contributed by atoms with van der Waals surface area (Å²) in [6.45, 7) is 10.0. The van der Waals surface area contributed by atoms with E-state index in [4.69, 9.17) is 4.74 Å². The number of esters is 1. The highest BCUT2D eigenvalue weighted by Crippen LogP contribution is 2.56. The van der Waals surface area contributed by atoms with Crippen LogP contribution in [0.2, 0.25) is 0 Å². The van der Waals surface area contributed by atoms with E-state index in [0.717, 1.165) is 51.7 Å². The van der Waals surface area contributed by atoms with Gasteiger partial charge in [0, 0.05) is 32.0 Å². The quantitative estimate of drug-likeness (QED) is 0.441. The number of nitrogens with one attached hydrogen (secondary N) is 1. The number of fused-ring (bicyclic) bond motifs is 2. The lowest BCUT2D eigenvalue weighted by molar-refractivity contribution is -0.146. The maximum atomic E-state index is 12.5. The second-order valence-corrected chi connectivity index (χ2v) is 9.45. The number of amides is 1. The normalized spacial score (nSPS) is 38.7. The van der Waals surface area contributed by atoms with Crippen LogP contribution in [0.3, 0.4) is 0 Å². The Bertz CT molecular complexity index is 619. The van der Waals surface area contributed by atoms with Crippen molar-refractivity contribution in [2.24, 2.45) is 23.2 Å². The van der Waals surface area contributed by atoms with Crippen LogP contribution in [-0.2, 0) is 14.3 Å². The van der Waals surface area contributed by atoms with E-state index < -0.39 is 0 Å². The number of nitrogens with zero attached hydrogens (tertiary/aromatic N) is 1. The highest BCUT2D eigenvalue weighted by molar-refractivity contribution is 5.78. The van der Waals surface area contributed by atoms with Gasteiger partial charge in [0.25, 0.3) is 0 Å². The molecule has 5 atom stereocenters. The molecule has 2 aliphatic carbocycles. The molecule has 0 unspecified atom stereocenters. The summed E-state index contributed by atoms with van der Waals surface area (Å²) in [7, 11) is 0. The minimum atomic E-state index is -0.0253. The van der Waals surface area contributed by atoms with Crippen LogP contribution in [0.4, 0.5) is 0 Å². The van der Waals surface area contributed by atoms with Crippen LogP contribution in [0.1, 0.15) is 58.3 Å². The van der Waals surface area contributed by atoms with Gasteiger partial charge in [0.2, 0.25) is 5.91 Å². The van der Waals surface area contributed by atoms with E-state index in [-0.39, 0.29) is 29.3 Å². The minimum Gasteiger partial charge on any atom is -0.462 e. The van der Waals surface area contributed by atoms with Gasteiger partial charge in [-0.1, -0.05) is 19.1 Å². The van der Waals surface area contributed by atoms with Gasteiger partial charge in [0.15, 0.2) is 0 Å². The van der Waals surface area contributed by atoms with Crippen LogP contribution < -0.4 is 5.32 Å². The largest absolute Gasteiger partial charge is 0.462 e. The monoisotopic (exact) mass is 374 g/mol. The number of hydrogen-bond acceptors (Lipinski definition) is 4. The fraction of sp³-hybridized carbons (Fsp3) is 0.818. The predicted octanol–water partition coefficient (Wildman–Crippen LogP) is 2.90. The van der Waals surface area contributed by atoms with Crippen LogP contribution in [0.5, 0.6) is 0 Å². The summed E-state index contributed by atoms with van der Waals surface area (Å²) in [6, 6.07) is 0. The van der Waals surface area contributed by atoms with E-state index in [1.807, 2.05) is 4.90 Å². The van der Waals surface area contributed by atoms with E-state index in [0.29, 0.717) is 24.8 Å². The van der Waals surface area contributed by atoms with Gasteiger partial charge in [-0.3, -0.25) is 9.59 Å². The lowest BCUT2D eigenvalue weighted by Gasteiger charge is -2.50. The molecule has 4 aliphatic rings. The van der Waals surface area contributed by atoms with E-state index in [2.05, 4.69) is 18.8 Å². The molecule has 4 rings (SSSR count). The molecule has 2 heterocycles. The number of carbonyl (C=O) groups excluding carboxylic acids is 2. The Balaban J connectivity index is 1.28. The molecule has 2 saturated carbocycles. The summed E-state index contributed by atoms with van der Waals surface area (Å²) in [5.74, 6) is 1.13. The van der Waals surface area contributed by atoms with Crippen molar-refractivity contribution in [1.82, 2.24) is 10.2 Å². The third-order valence-corrected chi connectivity index (χ3v) is 7.64.